The van der Waals surface area contributed by atoms with Gasteiger partial charge in [0.1, 0.15) is 11.5 Å². The third-order valence-corrected chi connectivity index (χ3v) is 2.79. The lowest BCUT2D eigenvalue weighted by molar-refractivity contribution is 0.395. The number of benzene rings is 1. The molecule has 2 aromatic rings. The molecule has 0 fully saturated rings. The zero-order chi connectivity index (χ0) is 13.7. The minimum Gasteiger partial charge on any atom is -0.497 e. The highest BCUT2D eigenvalue weighted by molar-refractivity contribution is 5.65. The van der Waals surface area contributed by atoms with Gasteiger partial charge in [-0.15, -0.1) is 0 Å². The average Bonchev–Trinajstić information content (AvgIpc) is 2.48. The van der Waals surface area contributed by atoms with Crippen molar-refractivity contribution in [2.45, 2.75) is 6.42 Å². The maximum absolute atomic E-state index is 5.50. The quantitative estimate of drug-likeness (QED) is 0.884. The van der Waals surface area contributed by atoms with E-state index < -0.39 is 0 Å². The normalized spacial score (nSPS) is 10.3. The van der Waals surface area contributed by atoms with Crippen LogP contribution in [0.2, 0.25) is 0 Å². The molecule has 0 bridgehead atoms. The smallest absolute Gasteiger partial charge is 0.162 e. The molecule has 0 saturated heterocycles. The summed E-state index contributed by atoms with van der Waals surface area (Å²) in [5.41, 5.74) is 7.36. The minimum absolute atomic E-state index is 0.592. The number of ether oxygens (including phenoxy) is 2. The molecular formula is C14H17N3O2. The Bertz CT molecular complexity index is 541. The summed E-state index contributed by atoms with van der Waals surface area (Å²) >= 11 is 0. The molecule has 1 heterocycles. The van der Waals surface area contributed by atoms with Crippen LogP contribution in [0, 0.1) is 0 Å². The fourth-order valence-electron chi connectivity index (χ4n) is 1.77. The molecule has 19 heavy (non-hydrogen) atoms. The number of aromatic nitrogens is 2. The van der Waals surface area contributed by atoms with E-state index >= 15 is 0 Å². The predicted molar refractivity (Wildman–Crippen MR) is 73.3 cm³/mol. The van der Waals surface area contributed by atoms with Crippen molar-refractivity contribution >= 4 is 0 Å². The standard InChI is InChI=1S/C14H17N3O2/c1-18-11-3-4-12(13(7-11)19-2)14-16-8-10(5-6-15)9-17-14/h3-4,7-9H,5-6,15H2,1-2H3. The summed E-state index contributed by atoms with van der Waals surface area (Å²) in [7, 11) is 3.23. The van der Waals surface area contributed by atoms with Crippen LogP contribution in [0.3, 0.4) is 0 Å². The van der Waals surface area contributed by atoms with E-state index in [9.17, 15) is 0 Å². The maximum Gasteiger partial charge on any atom is 0.162 e. The van der Waals surface area contributed by atoms with Crippen molar-refractivity contribution in [1.82, 2.24) is 9.97 Å². The summed E-state index contributed by atoms with van der Waals surface area (Å²) < 4.78 is 10.5. The van der Waals surface area contributed by atoms with Gasteiger partial charge in [-0.1, -0.05) is 0 Å². The molecule has 0 aliphatic heterocycles. The van der Waals surface area contributed by atoms with E-state index in [1.807, 2.05) is 18.2 Å². The van der Waals surface area contributed by atoms with Gasteiger partial charge in [0.25, 0.3) is 0 Å². The monoisotopic (exact) mass is 259 g/mol. The second kappa shape index (κ2) is 6.15. The Labute approximate surface area is 112 Å². The zero-order valence-electron chi connectivity index (χ0n) is 11.1. The summed E-state index contributed by atoms with van der Waals surface area (Å²) in [6, 6.07) is 5.55. The Balaban J connectivity index is 2.35. The van der Waals surface area contributed by atoms with Crippen LogP contribution >= 0.6 is 0 Å². The van der Waals surface area contributed by atoms with E-state index in [4.69, 9.17) is 15.2 Å². The number of nitrogens with two attached hydrogens (primary N) is 1. The third kappa shape index (κ3) is 3.00. The van der Waals surface area contributed by atoms with Crippen molar-refractivity contribution in [1.29, 1.82) is 0 Å². The Morgan fingerprint density at radius 1 is 1.11 bits per heavy atom. The van der Waals surface area contributed by atoms with Gasteiger partial charge in [0, 0.05) is 18.5 Å². The number of nitrogens with zero attached hydrogens (tertiary/aromatic N) is 2. The van der Waals surface area contributed by atoms with Crippen molar-refractivity contribution < 1.29 is 9.47 Å². The van der Waals surface area contributed by atoms with E-state index in [1.54, 1.807) is 26.6 Å². The van der Waals surface area contributed by atoms with Gasteiger partial charge in [0.05, 0.1) is 19.8 Å². The van der Waals surface area contributed by atoms with Crippen LogP contribution < -0.4 is 15.2 Å². The minimum atomic E-state index is 0.592. The van der Waals surface area contributed by atoms with Crippen molar-refractivity contribution in [3.8, 4) is 22.9 Å². The first kappa shape index (κ1) is 13.3. The summed E-state index contributed by atoms with van der Waals surface area (Å²) in [6.45, 7) is 0.592. The lowest BCUT2D eigenvalue weighted by Gasteiger charge is -2.09. The molecule has 5 heteroatoms. The molecule has 0 spiro atoms. The highest BCUT2D eigenvalue weighted by atomic mass is 16.5. The van der Waals surface area contributed by atoms with Crippen LogP contribution in [-0.4, -0.2) is 30.7 Å². The average molecular weight is 259 g/mol. The Morgan fingerprint density at radius 3 is 2.42 bits per heavy atom. The van der Waals surface area contributed by atoms with Crippen molar-refractivity contribution in [2.75, 3.05) is 20.8 Å². The van der Waals surface area contributed by atoms with Gasteiger partial charge in [0.15, 0.2) is 5.82 Å². The van der Waals surface area contributed by atoms with Gasteiger partial charge in [-0.25, -0.2) is 9.97 Å². The molecule has 1 aromatic heterocycles. The first-order valence-electron chi connectivity index (χ1n) is 6.02. The second-order valence-electron chi connectivity index (χ2n) is 4.02. The summed E-state index contributed by atoms with van der Waals surface area (Å²) in [4.78, 5) is 8.69. The van der Waals surface area contributed by atoms with Crippen LogP contribution in [0.15, 0.2) is 30.6 Å². The zero-order valence-corrected chi connectivity index (χ0v) is 11.1. The number of hydrogen-bond donors (Lipinski definition) is 1. The summed E-state index contributed by atoms with van der Waals surface area (Å²) in [5, 5.41) is 0. The topological polar surface area (TPSA) is 70.3 Å². The van der Waals surface area contributed by atoms with Gasteiger partial charge < -0.3 is 15.2 Å². The third-order valence-electron chi connectivity index (χ3n) is 2.79. The lowest BCUT2D eigenvalue weighted by Crippen LogP contribution is -2.04. The van der Waals surface area contributed by atoms with E-state index in [-0.39, 0.29) is 0 Å². The fraction of sp³-hybridized carbons (Fsp3) is 0.286. The van der Waals surface area contributed by atoms with Crippen LogP contribution in [0.1, 0.15) is 5.56 Å². The lowest BCUT2D eigenvalue weighted by atomic mass is 10.1. The van der Waals surface area contributed by atoms with Crippen LogP contribution in [0.4, 0.5) is 0 Å². The molecule has 0 aliphatic rings. The van der Waals surface area contributed by atoms with E-state index in [0.29, 0.717) is 18.1 Å². The largest absolute Gasteiger partial charge is 0.497 e. The van der Waals surface area contributed by atoms with Crippen molar-refractivity contribution in [2.24, 2.45) is 5.73 Å². The highest BCUT2D eigenvalue weighted by Gasteiger charge is 2.09. The van der Waals surface area contributed by atoms with Crippen LogP contribution in [0.25, 0.3) is 11.4 Å². The number of methoxy groups -OCH3 is 2. The number of hydrogen-bond acceptors (Lipinski definition) is 5. The SMILES string of the molecule is COc1ccc(-c2ncc(CCN)cn2)c(OC)c1. The van der Waals surface area contributed by atoms with Crippen molar-refractivity contribution in [3.63, 3.8) is 0 Å². The van der Waals surface area contributed by atoms with Gasteiger partial charge >= 0.3 is 0 Å². The highest BCUT2D eigenvalue weighted by Crippen LogP contribution is 2.30. The van der Waals surface area contributed by atoms with Crippen LogP contribution in [-0.2, 0) is 6.42 Å². The van der Waals surface area contributed by atoms with Crippen molar-refractivity contribution in [3.05, 3.63) is 36.2 Å². The first-order valence-corrected chi connectivity index (χ1v) is 6.02. The molecule has 0 saturated carbocycles. The maximum atomic E-state index is 5.50. The molecule has 1 aromatic carbocycles. The molecule has 0 radical (unpaired) electrons. The Morgan fingerprint density at radius 2 is 1.84 bits per heavy atom. The van der Waals surface area contributed by atoms with Crippen LogP contribution in [0.5, 0.6) is 11.5 Å². The second-order valence-corrected chi connectivity index (χ2v) is 4.02. The van der Waals surface area contributed by atoms with E-state index in [2.05, 4.69) is 9.97 Å². The molecule has 0 atom stereocenters. The fourth-order valence-corrected chi connectivity index (χ4v) is 1.77. The van der Waals surface area contributed by atoms with Gasteiger partial charge in [0.2, 0.25) is 0 Å². The molecular weight excluding hydrogens is 242 g/mol. The van der Waals surface area contributed by atoms with Gasteiger partial charge in [-0.3, -0.25) is 0 Å². The molecule has 100 valence electrons. The first-order chi connectivity index (χ1) is 9.28. The summed E-state index contributed by atoms with van der Waals surface area (Å²) in [5.74, 6) is 2.05. The molecule has 0 aliphatic carbocycles. The predicted octanol–water partition coefficient (Wildman–Crippen LogP) is 1.66. The molecule has 2 N–H and O–H groups in total. The molecule has 2 rings (SSSR count). The molecule has 0 unspecified atom stereocenters. The van der Waals surface area contributed by atoms with Gasteiger partial charge in [-0.2, -0.15) is 0 Å². The van der Waals surface area contributed by atoms with E-state index in [0.717, 1.165) is 23.3 Å². The Kier molecular flexibility index (Phi) is 4.30. The Hall–Kier alpha value is -2.14. The van der Waals surface area contributed by atoms with Gasteiger partial charge in [-0.05, 0) is 30.7 Å². The molecule has 0 amide bonds. The summed E-state index contributed by atoms with van der Waals surface area (Å²) in [6.07, 6.45) is 4.36. The van der Waals surface area contributed by atoms with E-state index in [1.165, 1.54) is 0 Å². The molecule has 5 nitrogen and oxygen atoms in total. The number of rotatable bonds is 5.